The molecule has 1 aromatic heterocycles. The van der Waals surface area contributed by atoms with Gasteiger partial charge in [-0.25, -0.2) is 17.8 Å². The highest BCUT2D eigenvalue weighted by Crippen LogP contribution is 2.15. The average Bonchev–Trinajstić information content (AvgIpc) is 2.74. The van der Waals surface area contributed by atoms with Gasteiger partial charge in [0.25, 0.3) is 10.0 Å². The first-order valence-corrected chi connectivity index (χ1v) is 6.45. The van der Waals surface area contributed by atoms with E-state index in [9.17, 15) is 8.42 Å². The van der Waals surface area contributed by atoms with E-state index < -0.39 is 10.0 Å². The van der Waals surface area contributed by atoms with Gasteiger partial charge in [0.15, 0.2) is 0 Å². The molecule has 0 atom stereocenters. The van der Waals surface area contributed by atoms with Crippen molar-refractivity contribution in [1.29, 1.82) is 0 Å². The number of hydrogen-bond donors (Lipinski definition) is 3. The standard InChI is InChI=1S/C9H12N6O2S/c1-15-9(11-6-12-15)14-18(16,17)8-4-2-7(13-10)3-5-8/h2-6,13H,10H2,1H3,(H,11,12,14). The van der Waals surface area contributed by atoms with Crippen molar-refractivity contribution in [2.24, 2.45) is 12.9 Å². The second-order valence-corrected chi connectivity index (χ2v) is 5.16. The van der Waals surface area contributed by atoms with Crippen molar-refractivity contribution in [3.8, 4) is 0 Å². The third kappa shape index (κ3) is 2.41. The molecule has 9 heteroatoms. The van der Waals surface area contributed by atoms with Crippen LogP contribution < -0.4 is 16.0 Å². The fourth-order valence-electron chi connectivity index (χ4n) is 1.30. The summed E-state index contributed by atoms with van der Waals surface area (Å²) in [6.45, 7) is 0. The topological polar surface area (TPSA) is 115 Å². The third-order valence-corrected chi connectivity index (χ3v) is 3.61. The van der Waals surface area contributed by atoms with Crippen LogP contribution in [0.1, 0.15) is 0 Å². The molecule has 1 aromatic carbocycles. The number of anilines is 2. The Bertz CT molecular complexity index is 633. The molecule has 96 valence electrons. The van der Waals surface area contributed by atoms with E-state index in [1.54, 1.807) is 19.2 Å². The minimum atomic E-state index is -3.67. The fourth-order valence-corrected chi connectivity index (χ4v) is 2.34. The Kier molecular flexibility index (Phi) is 3.17. The summed E-state index contributed by atoms with van der Waals surface area (Å²) >= 11 is 0. The van der Waals surface area contributed by atoms with Crippen molar-refractivity contribution in [1.82, 2.24) is 14.8 Å². The number of aryl methyl sites for hydroxylation is 1. The summed E-state index contributed by atoms with van der Waals surface area (Å²) in [4.78, 5) is 3.90. The van der Waals surface area contributed by atoms with Gasteiger partial charge in [-0.3, -0.25) is 5.84 Å². The lowest BCUT2D eigenvalue weighted by Gasteiger charge is -2.07. The second-order valence-electron chi connectivity index (χ2n) is 3.48. The van der Waals surface area contributed by atoms with Crippen LogP contribution in [0.15, 0.2) is 35.5 Å². The minimum Gasteiger partial charge on any atom is -0.324 e. The van der Waals surface area contributed by atoms with E-state index in [0.29, 0.717) is 5.69 Å². The Balaban J connectivity index is 2.28. The number of benzene rings is 1. The van der Waals surface area contributed by atoms with Crippen molar-refractivity contribution < 1.29 is 8.42 Å². The normalized spacial score (nSPS) is 11.2. The molecule has 1 heterocycles. The van der Waals surface area contributed by atoms with Gasteiger partial charge in [0.1, 0.15) is 6.33 Å². The van der Waals surface area contributed by atoms with E-state index in [4.69, 9.17) is 5.84 Å². The molecule has 0 amide bonds. The number of nitrogen functional groups attached to an aromatic ring is 1. The van der Waals surface area contributed by atoms with Gasteiger partial charge >= 0.3 is 0 Å². The third-order valence-electron chi connectivity index (χ3n) is 2.27. The molecular weight excluding hydrogens is 256 g/mol. The van der Waals surface area contributed by atoms with Gasteiger partial charge in [0, 0.05) is 12.7 Å². The van der Waals surface area contributed by atoms with Crippen LogP contribution in [0.4, 0.5) is 11.6 Å². The summed E-state index contributed by atoms with van der Waals surface area (Å²) in [6, 6.07) is 6.00. The Morgan fingerprint density at radius 1 is 1.28 bits per heavy atom. The highest BCUT2D eigenvalue weighted by Gasteiger charge is 2.16. The molecule has 0 saturated carbocycles. The summed E-state index contributed by atoms with van der Waals surface area (Å²) in [7, 11) is -2.08. The minimum absolute atomic E-state index is 0.115. The highest BCUT2D eigenvalue weighted by atomic mass is 32.2. The van der Waals surface area contributed by atoms with E-state index >= 15 is 0 Å². The molecule has 2 aromatic rings. The Morgan fingerprint density at radius 3 is 2.44 bits per heavy atom. The fraction of sp³-hybridized carbons (Fsp3) is 0.111. The van der Waals surface area contributed by atoms with Crippen molar-refractivity contribution in [2.45, 2.75) is 4.90 Å². The number of nitrogens with two attached hydrogens (primary N) is 1. The van der Waals surface area contributed by atoms with Gasteiger partial charge in [-0.1, -0.05) is 0 Å². The molecule has 0 aliphatic carbocycles. The van der Waals surface area contributed by atoms with Crippen molar-refractivity contribution in [3.05, 3.63) is 30.6 Å². The lowest BCUT2D eigenvalue weighted by molar-refractivity contribution is 0.600. The number of rotatable bonds is 4. The zero-order valence-electron chi connectivity index (χ0n) is 9.53. The first-order chi connectivity index (χ1) is 8.53. The van der Waals surface area contributed by atoms with Crippen LogP contribution >= 0.6 is 0 Å². The molecule has 0 unspecified atom stereocenters. The molecule has 0 radical (unpaired) electrons. The number of hydrazine groups is 1. The van der Waals surface area contributed by atoms with Crippen LogP contribution in [0.25, 0.3) is 0 Å². The van der Waals surface area contributed by atoms with Crippen LogP contribution in [-0.4, -0.2) is 23.2 Å². The average molecular weight is 268 g/mol. The number of hydrogen-bond acceptors (Lipinski definition) is 6. The lowest BCUT2D eigenvalue weighted by Crippen LogP contribution is -2.16. The molecule has 2 rings (SSSR count). The van der Waals surface area contributed by atoms with E-state index in [1.165, 1.54) is 23.1 Å². The molecular formula is C9H12N6O2S. The maximum Gasteiger partial charge on any atom is 0.264 e. The summed E-state index contributed by atoms with van der Waals surface area (Å²) in [5.74, 6) is 5.35. The van der Waals surface area contributed by atoms with Gasteiger partial charge < -0.3 is 5.43 Å². The van der Waals surface area contributed by atoms with Crippen molar-refractivity contribution in [3.63, 3.8) is 0 Å². The van der Waals surface area contributed by atoms with E-state index in [2.05, 4.69) is 20.2 Å². The van der Waals surface area contributed by atoms with Gasteiger partial charge in [-0.2, -0.15) is 10.1 Å². The maximum atomic E-state index is 12.0. The van der Waals surface area contributed by atoms with Crippen LogP contribution in [0.3, 0.4) is 0 Å². The van der Waals surface area contributed by atoms with Crippen LogP contribution in [0, 0.1) is 0 Å². The molecule has 0 saturated heterocycles. The first-order valence-electron chi connectivity index (χ1n) is 4.96. The number of sulfonamides is 1. The highest BCUT2D eigenvalue weighted by molar-refractivity contribution is 7.92. The van der Waals surface area contributed by atoms with Crippen LogP contribution in [-0.2, 0) is 17.1 Å². The van der Waals surface area contributed by atoms with Crippen molar-refractivity contribution >= 4 is 21.7 Å². The Labute approximate surface area is 104 Å². The van der Waals surface area contributed by atoms with E-state index in [-0.39, 0.29) is 10.8 Å². The lowest BCUT2D eigenvalue weighted by atomic mass is 10.3. The molecule has 18 heavy (non-hydrogen) atoms. The van der Waals surface area contributed by atoms with Crippen molar-refractivity contribution in [2.75, 3.05) is 10.1 Å². The zero-order valence-corrected chi connectivity index (χ0v) is 10.3. The van der Waals surface area contributed by atoms with Gasteiger partial charge in [-0.05, 0) is 24.3 Å². The maximum absolute atomic E-state index is 12.0. The summed E-state index contributed by atoms with van der Waals surface area (Å²) in [5, 5.41) is 3.77. The number of nitrogens with one attached hydrogen (secondary N) is 2. The van der Waals surface area contributed by atoms with Gasteiger partial charge in [0.05, 0.1) is 4.90 Å². The molecule has 0 spiro atoms. The molecule has 4 N–H and O–H groups in total. The van der Waals surface area contributed by atoms with E-state index in [1.807, 2.05) is 0 Å². The molecule has 0 fully saturated rings. The first kappa shape index (κ1) is 12.3. The SMILES string of the molecule is Cn1ncnc1NS(=O)(=O)c1ccc(NN)cc1. The largest absolute Gasteiger partial charge is 0.324 e. The quantitative estimate of drug-likeness (QED) is 0.527. The predicted molar refractivity (Wildman–Crippen MR) is 66.1 cm³/mol. The second kappa shape index (κ2) is 4.63. The molecule has 0 bridgehead atoms. The molecule has 0 aliphatic rings. The van der Waals surface area contributed by atoms with Gasteiger partial charge in [-0.15, -0.1) is 0 Å². The monoisotopic (exact) mass is 268 g/mol. The Morgan fingerprint density at radius 2 is 1.94 bits per heavy atom. The Hall–Kier alpha value is -2.13. The summed E-state index contributed by atoms with van der Waals surface area (Å²) < 4.78 is 27.7. The smallest absolute Gasteiger partial charge is 0.264 e. The summed E-state index contributed by atoms with van der Waals surface area (Å²) in [6.07, 6.45) is 1.26. The molecule has 8 nitrogen and oxygen atoms in total. The summed E-state index contributed by atoms with van der Waals surface area (Å²) in [5.41, 5.74) is 3.04. The molecule has 0 aliphatic heterocycles. The number of nitrogens with zero attached hydrogens (tertiary/aromatic N) is 3. The van der Waals surface area contributed by atoms with Crippen LogP contribution in [0.2, 0.25) is 0 Å². The van der Waals surface area contributed by atoms with Crippen LogP contribution in [0.5, 0.6) is 0 Å². The van der Waals surface area contributed by atoms with Gasteiger partial charge in [0.2, 0.25) is 5.95 Å². The van der Waals surface area contributed by atoms with E-state index in [0.717, 1.165) is 0 Å². The zero-order chi connectivity index (χ0) is 13.2. The predicted octanol–water partition coefficient (Wildman–Crippen LogP) is -0.0985. The number of aromatic nitrogens is 3.